The summed E-state index contributed by atoms with van der Waals surface area (Å²) in [4.78, 5) is 25.1. The van der Waals surface area contributed by atoms with Gasteiger partial charge in [0.2, 0.25) is 11.8 Å². The summed E-state index contributed by atoms with van der Waals surface area (Å²) >= 11 is 0. The predicted molar refractivity (Wildman–Crippen MR) is 75.5 cm³/mol. The molecule has 1 aliphatic heterocycles. The molecule has 0 aromatic rings. The largest absolute Gasteiger partial charge is 0.351 e. The van der Waals surface area contributed by atoms with E-state index >= 15 is 0 Å². The number of hydrogen-bond acceptors (Lipinski definition) is 3. The van der Waals surface area contributed by atoms with Crippen LogP contribution in [0, 0.1) is 5.92 Å². The Labute approximate surface area is 115 Å². The van der Waals surface area contributed by atoms with Crippen LogP contribution < -0.4 is 11.1 Å². The van der Waals surface area contributed by atoms with E-state index < -0.39 is 0 Å². The average molecular weight is 269 g/mol. The van der Waals surface area contributed by atoms with E-state index in [2.05, 4.69) is 5.32 Å². The van der Waals surface area contributed by atoms with Gasteiger partial charge in [0.15, 0.2) is 0 Å². The van der Waals surface area contributed by atoms with Crippen molar-refractivity contribution in [3.05, 3.63) is 0 Å². The number of carbonyl (C=O) groups excluding carboxylic acids is 2. The summed E-state index contributed by atoms with van der Waals surface area (Å²) < 4.78 is 0. The van der Waals surface area contributed by atoms with E-state index in [0.717, 1.165) is 25.7 Å². The SMILES string of the molecule is CC(N)CCCC(C)C(=O)NC1CCC(=O)N(C)C1. The molecule has 5 heteroatoms. The molecule has 1 saturated heterocycles. The van der Waals surface area contributed by atoms with Crippen molar-refractivity contribution in [3.8, 4) is 0 Å². The second-order valence-electron chi connectivity index (χ2n) is 5.83. The Morgan fingerprint density at radius 1 is 1.47 bits per heavy atom. The van der Waals surface area contributed by atoms with Crippen molar-refractivity contribution in [2.24, 2.45) is 11.7 Å². The molecule has 0 bridgehead atoms. The molecule has 0 aromatic heterocycles. The van der Waals surface area contributed by atoms with Gasteiger partial charge in [-0.15, -0.1) is 0 Å². The highest BCUT2D eigenvalue weighted by Gasteiger charge is 2.25. The molecule has 3 unspecified atom stereocenters. The molecule has 2 amide bonds. The minimum Gasteiger partial charge on any atom is -0.351 e. The second-order valence-corrected chi connectivity index (χ2v) is 5.83. The first kappa shape index (κ1) is 16.0. The van der Waals surface area contributed by atoms with Crippen LogP contribution in [0.2, 0.25) is 0 Å². The first-order chi connectivity index (χ1) is 8.90. The molecule has 0 radical (unpaired) electrons. The number of nitrogens with two attached hydrogens (primary N) is 1. The highest BCUT2D eigenvalue weighted by atomic mass is 16.2. The highest BCUT2D eigenvalue weighted by Crippen LogP contribution is 2.13. The van der Waals surface area contributed by atoms with Gasteiger partial charge < -0.3 is 16.0 Å². The van der Waals surface area contributed by atoms with Crippen molar-refractivity contribution in [3.63, 3.8) is 0 Å². The van der Waals surface area contributed by atoms with E-state index in [-0.39, 0.29) is 29.8 Å². The minimum atomic E-state index is 0.0154. The summed E-state index contributed by atoms with van der Waals surface area (Å²) in [5.74, 6) is 0.273. The number of nitrogens with one attached hydrogen (secondary N) is 1. The standard InChI is InChI=1S/C14H27N3O2/c1-10(5-4-6-11(2)15)14(19)16-12-7-8-13(18)17(3)9-12/h10-12H,4-9,15H2,1-3H3,(H,16,19). The van der Waals surface area contributed by atoms with E-state index in [1.807, 2.05) is 13.8 Å². The lowest BCUT2D eigenvalue weighted by Gasteiger charge is -2.30. The zero-order chi connectivity index (χ0) is 14.4. The summed E-state index contributed by atoms with van der Waals surface area (Å²) in [7, 11) is 1.78. The molecule has 1 fully saturated rings. The molecule has 1 aliphatic rings. The van der Waals surface area contributed by atoms with Crippen molar-refractivity contribution in [1.82, 2.24) is 10.2 Å². The molecule has 1 heterocycles. The van der Waals surface area contributed by atoms with Gasteiger partial charge >= 0.3 is 0 Å². The Bertz CT molecular complexity index is 318. The lowest BCUT2D eigenvalue weighted by molar-refractivity contribution is -0.134. The fraction of sp³-hybridized carbons (Fsp3) is 0.857. The van der Waals surface area contributed by atoms with Crippen LogP contribution in [0.5, 0.6) is 0 Å². The van der Waals surface area contributed by atoms with Gasteiger partial charge in [0.25, 0.3) is 0 Å². The Hall–Kier alpha value is -1.10. The van der Waals surface area contributed by atoms with Gasteiger partial charge in [0.1, 0.15) is 0 Å². The predicted octanol–water partition coefficient (Wildman–Crippen LogP) is 0.877. The summed E-state index contributed by atoms with van der Waals surface area (Å²) in [6, 6.07) is 0.305. The topological polar surface area (TPSA) is 75.4 Å². The third-order valence-electron chi connectivity index (χ3n) is 3.72. The fourth-order valence-corrected chi connectivity index (χ4v) is 2.35. The first-order valence-corrected chi connectivity index (χ1v) is 7.20. The van der Waals surface area contributed by atoms with Crippen LogP contribution in [0.1, 0.15) is 46.0 Å². The van der Waals surface area contributed by atoms with Gasteiger partial charge in [-0.2, -0.15) is 0 Å². The second kappa shape index (κ2) is 7.48. The summed E-state index contributed by atoms with van der Waals surface area (Å²) in [6.07, 6.45) is 4.09. The maximum absolute atomic E-state index is 12.0. The Morgan fingerprint density at radius 3 is 2.74 bits per heavy atom. The summed E-state index contributed by atoms with van der Waals surface area (Å²) in [6.45, 7) is 4.56. The lowest BCUT2D eigenvalue weighted by Crippen LogP contribution is -2.49. The Kier molecular flexibility index (Phi) is 6.28. The van der Waals surface area contributed by atoms with Crippen LogP contribution in [0.4, 0.5) is 0 Å². The maximum atomic E-state index is 12.0. The van der Waals surface area contributed by atoms with Gasteiger partial charge in [-0.05, 0) is 26.2 Å². The normalized spacial score (nSPS) is 23.1. The molecule has 0 aromatic carbocycles. The van der Waals surface area contributed by atoms with Crippen molar-refractivity contribution in [2.45, 2.75) is 58.0 Å². The molecule has 19 heavy (non-hydrogen) atoms. The van der Waals surface area contributed by atoms with E-state index in [9.17, 15) is 9.59 Å². The molecular weight excluding hydrogens is 242 g/mol. The minimum absolute atomic E-state index is 0.0154. The molecule has 1 rings (SSSR count). The van der Waals surface area contributed by atoms with Gasteiger partial charge in [0, 0.05) is 38.0 Å². The zero-order valence-electron chi connectivity index (χ0n) is 12.3. The van der Waals surface area contributed by atoms with Crippen molar-refractivity contribution < 1.29 is 9.59 Å². The van der Waals surface area contributed by atoms with Crippen LogP contribution in [0.15, 0.2) is 0 Å². The molecule has 0 spiro atoms. The van der Waals surface area contributed by atoms with Gasteiger partial charge in [-0.1, -0.05) is 13.3 Å². The van der Waals surface area contributed by atoms with Crippen LogP contribution in [0.3, 0.4) is 0 Å². The molecular formula is C14H27N3O2. The third kappa shape index (κ3) is 5.59. The van der Waals surface area contributed by atoms with Crippen LogP contribution in [0.25, 0.3) is 0 Å². The van der Waals surface area contributed by atoms with Crippen molar-refractivity contribution in [2.75, 3.05) is 13.6 Å². The highest BCUT2D eigenvalue weighted by molar-refractivity contribution is 5.80. The van der Waals surface area contributed by atoms with Crippen LogP contribution >= 0.6 is 0 Å². The first-order valence-electron chi connectivity index (χ1n) is 7.20. The fourth-order valence-electron chi connectivity index (χ4n) is 2.35. The van der Waals surface area contributed by atoms with E-state index in [0.29, 0.717) is 13.0 Å². The Morgan fingerprint density at radius 2 is 2.16 bits per heavy atom. The van der Waals surface area contributed by atoms with Gasteiger partial charge in [0.05, 0.1) is 0 Å². The number of nitrogens with zero attached hydrogens (tertiary/aromatic N) is 1. The molecule has 0 aliphatic carbocycles. The third-order valence-corrected chi connectivity index (χ3v) is 3.72. The number of amides is 2. The van der Waals surface area contributed by atoms with E-state index in [1.54, 1.807) is 11.9 Å². The number of likely N-dealkylation sites (N-methyl/N-ethyl adjacent to an activating group) is 1. The monoisotopic (exact) mass is 269 g/mol. The smallest absolute Gasteiger partial charge is 0.223 e. The van der Waals surface area contributed by atoms with Gasteiger partial charge in [-0.25, -0.2) is 0 Å². The maximum Gasteiger partial charge on any atom is 0.223 e. The average Bonchev–Trinajstić information content (AvgIpc) is 2.33. The number of carbonyl (C=O) groups is 2. The van der Waals surface area contributed by atoms with Crippen molar-refractivity contribution >= 4 is 11.8 Å². The summed E-state index contributed by atoms with van der Waals surface area (Å²) in [5.41, 5.74) is 5.69. The molecule has 5 nitrogen and oxygen atoms in total. The number of piperidine rings is 1. The Balaban J connectivity index is 2.28. The molecule has 0 saturated carbocycles. The van der Waals surface area contributed by atoms with E-state index in [1.165, 1.54) is 0 Å². The quantitative estimate of drug-likeness (QED) is 0.751. The zero-order valence-corrected chi connectivity index (χ0v) is 12.3. The van der Waals surface area contributed by atoms with E-state index in [4.69, 9.17) is 5.73 Å². The molecule has 3 N–H and O–H groups in total. The van der Waals surface area contributed by atoms with Crippen LogP contribution in [-0.2, 0) is 9.59 Å². The van der Waals surface area contributed by atoms with Gasteiger partial charge in [-0.3, -0.25) is 9.59 Å². The van der Waals surface area contributed by atoms with Crippen LogP contribution in [-0.4, -0.2) is 42.4 Å². The molecule has 3 atom stereocenters. The number of likely N-dealkylation sites (tertiary alicyclic amines) is 1. The molecule has 110 valence electrons. The number of hydrogen-bond donors (Lipinski definition) is 2. The van der Waals surface area contributed by atoms with Crippen molar-refractivity contribution in [1.29, 1.82) is 0 Å². The number of rotatable bonds is 6. The summed E-state index contributed by atoms with van der Waals surface area (Å²) in [5, 5.41) is 3.04. The lowest BCUT2D eigenvalue weighted by atomic mass is 9.99.